The van der Waals surface area contributed by atoms with Gasteiger partial charge >= 0.3 is 0 Å². The molecule has 1 saturated heterocycles. The second-order valence-corrected chi connectivity index (χ2v) is 7.49. The van der Waals surface area contributed by atoms with Gasteiger partial charge in [-0.15, -0.1) is 0 Å². The van der Waals surface area contributed by atoms with E-state index in [0.717, 1.165) is 24.5 Å². The summed E-state index contributed by atoms with van der Waals surface area (Å²) in [5.74, 6) is 0.0460. The second kappa shape index (κ2) is 7.50. The molecule has 1 aromatic heterocycles. The largest absolute Gasteiger partial charge is 0.368 e. The predicted octanol–water partition coefficient (Wildman–Crippen LogP) is 3.76. The number of rotatable bonds is 3. The Labute approximate surface area is 166 Å². The lowest BCUT2D eigenvalue weighted by Gasteiger charge is -2.36. The normalized spacial score (nSPS) is 14.4. The van der Waals surface area contributed by atoms with Crippen molar-refractivity contribution in [2.45, 2.75) is 20.8 Å². The molecule has 5 nitrogen and oxygen atoms in total. The first kappa shape index (κ1) is 18.3. The first-order valence-electron chi connectivity index (χ1n) is 9.76. The van der Waals surface area contributed by atoms with Gasteiger partial charge in [0.25, 0.3) is 5.91 Å². The summed E-state index contributed by atoms with van der Waals surface area (Å²) in [5, 5.41) is 4.54. The van der Waals surface area contributed by atoms with Crippen molar-refractivity contribution in [3.05, 3.63) is 77.1 Å². The summed E-state index contributed by atoms with van der Waals surface area (Å²) < 4.78 is 1.76. The van der Waals surface area contributed by atoms with Crippen molar-refractivity contribution in [3.63, 3.8) is 0 Å². The van der Waals surface area contributed by atoms with Gasteiger partial charge in [0, 0.05) is 31.9 Å². The molecule has 1 aliphatic rings. The molecular weight excluding hydrogens is 348 g/mol. The highest BCUT2D eigenvalue weighted by Gasteiger charge is 2.26. The zero-order chi connectivity index (χ0) is 19.7. The number of carbonyl (C=O) groups excluding carboxylic acids is 1. The van der Waals surface area contributed by atoms with Crippen LogP contribution >= 0.6 is 0 Å². The lowest BCUT2D eigenvalue weighted by molar-refractivity contribution is 0.0737. The van der Waals surface area contributed by atoms with Gasteiger partial charge in [0.1, 0.15) is 5.69 Å². The van der Waals surface area contributed by atoms with Gasteiger partial charge in [0.05, 0.1) is 11.4 Å². The Morgan fingerprint density at radius 2 is 1.61 bits per heavy atom. The van der Waals surface area contributed by atoms with E-state index in [9.17, 15) is 4.79 Å². The molecule has 5 heteroatoms. The monoisotopic (exact) mass is 374 g/mol. The summed E-state index contributed by atoms with van der Waals surface area (Å²) in [4.78, 5) is 17.5. The van der Waals surface area contributed by atoms with Crippen LogP contribution in [0.5, 0.6) is 0 Å². The Balaban J connectivity index is 1.51. The molecule has 0 saturated carbocycles. The fourth-order valence-corrected chi connectivity index (χ4v) is 3.89. The van der Waals surface area contributed by atoms with Crippen LogP contribution in [0.4, 0.5) is 5.69 Å². The minimum atomic E-state index is 0.0460. The molecule has 0 spiro atoms. The molecule has 1 amide bonds. The molecule has 2 aromatic carbocycles. The number of anilines is 1. The highest BCUT2D eigenvalue weighted by molar-refractivity contribution is 5.93. The molecule has 144 valence electrons. The third-order valence-electron chi connectivity index (χ3n) is 5.31. The minimum Gasteiger partial charge on any atom is -0.368 e. The number of piperazine rings is 1. The molecule has 0 N–H and O–H groups in total. The van der Waals surface area contributed by atoms with Gasteiger partial charge in [-0.25, -0.2) is 4.68 Å². The number of aromatic nitrogens is 2. The van der Waals surface area contributed by atoms with E-state index >= 15 is 0 Å². The second-order valence-electron chi connectivity index (χ2n) is 7.49. The van der Waals surface area contributed by atoms with Gasteiger partial charge in [-0.1, -0.05) is 35.9 Å². The van der Waals surface area contributed by atoms with Crippen LogP contribution in [0.1, 0.15) is 27.3 Å². The summed E-state index contributed by atoms with van der Waals surface area (Å²) >= 11 is 0. The average molecular weight is 374 g/mol. The highest BCUT2D eigenvalue weighted by Crippen LogP contribution is 2.23. The Hall–Kier alpha value is -3.08. The maximum Gasteiger partial charge on any atom is 0.272 e. The lowest BCUT2D eigenvalue weighted by Crippen LogP contribution is -2.49. The van der Waals surface area contributed by atoms with Crippen LogP contribution < -0.4 is 4.90 Å². The standard InChI is InChI=1S/C23H26N4O/c1-17-9-10-21(18(2)15-17)25-11-13-26(14-12-25)23(28)22-16-19(3)24-27(22)20-7-5-4-6-8-20/h4-10,15-16H,11-14H2,1-3H3. The fraction of sp³-hybridized carbons (Fsp3) is 0.304. The summed E-state index contributed by atoms with van der Waals surface area (Å²) in [7, 11) is 0. The molecule has 0 aliphatic carbocycles. The molecule has 1 fully saturated rings. The van der Waals surface area contributed by atoms with E-state index in [1.165, 1.54) is 16.8 Å². The quantitative estimate of drug-likeness (QED) is 0.701. The number of aryl methyl sites for hydroxylation is 3. The smallest absolute Gasteiger partial charge is 0.272 e. The maximum atomic E-state index is 13.2. The van der Waals surface area contributed by atoms with E-state index < -0.39 is 0 Å². The Morgan fingerprint density at radius 3 is 2.29 bits per heavy atom. The molecular formula is C23H26N4O. The summed E-state index contributed by atoms with van der Waals surface area (Å²) in [6.07, 6.45) is 0. The number of amides is 1. The predicted molar refractivity (Wildman–Crippen MR) is 112 cm³/mol. The van der Waals surface area contributed by atoms with Gasteiger partial charge in [0.2, 0.25) is 0 Å². The number of carbonyl (C=O) groups is 1. The third kappa shape index (κ3) is 3.52. The van der Waals surface area contributed by atoms with E-state index in [4.69, 9.17) is 0 Å². The van der Waals surface area contributed by atoms with E-state index in [1.54, 1.807) is 4.68 Å². The van der Waals surface area contributed by atoms with Crippen LogP contribution in [-0.4, -0.2) is 46.8 Å². The van der Waals surface area contributed by atoms with E-state index in [0.29, 0.717) is 18.8 Å². The van der Waals surface area contributed by atoms with Gasteiger partial charge < -0.3 is 9.80 Å². The molecule has 2 heterocycles. The van der Waals surface area contributed by atoms with E-state index in [1.807, 2.05) is 48.2 Å². The maximum absolute atomic E-state index is 13.2. The molecule has 28 heavy (non-hydrogen) atoms. The first-order valence-corrected chi connectivity index (χ1v) is 9.76. The zero-order valence-electron chi connectivity index (χ0n) is 16.7. The van der Waals surface area contributed by atoms with Gasteiger partial charge in [-0.3, -0.25) is 4.79 Å². The van der Waals surface area contributed by atoms with Crippen molar-refractivity contribution >= 4 is 11.6 Å². The van der Waals surface area contributed by atoms with E-state index in [2.05, 4.69) is 42.0 Å². The van der Waals surface area contributed by atoms with Crippen molar-refractivity contribution in [1.82, 2.24) is 14.7 Å². The van der Waals surface area contributed by atoms with Crippen molar-refractivity contribution in [2.75, 3.05) is 31.1 Å². The molecule has 0 radical (unpaired) electrons. The fourth-order valence-electron chi connectivity index (χ4n) is 3.89. The SMILES string of the molecule is Cc1ccc(N2CCN(C(=O)c3cc(C)nn3-c3ccccc3)CC2)c(C)c1. The molecule has 1 aliphatic heterocycles. The molecule has 0 bridgehead atoms. The molecule has 4 rings (SSSR count). The molecule has 0 atom stereocenters. The first-order chi connectivity index (χ1) is 13.5. The minimum absolute atomic E-state index is 0.0460. The third-order valence-corrected chi connectivity index (χ3v) is 5.31. The average Bonchev–Trinajstić information content (AvgIpc) is 3.10. The number of hydrogen-bond donors (Lipinski definition) is 0. The number of hydrogen-bond acceptors (Lipinski definition) is 3. The Kier molecular flexibility index (Phi) is 4.90. The van der Waals surface area contributed by atoms with Crippen LogP contribution in [0.15, 0.2) is 54.6 Å². The van der Waals surface area contributed by atoms with Crippen LogP contribution in [0.3, 0.4) is 0 Å². The van der Waals surface area contributed by atoms with Crippen molar-refractivity contribution in [2.24, 2.45) is 0 Å². The summed E-state index contributed by atoms with van der Waals surface area (Å²) in [5.41, 5.74) is 6.22. The lowest BCUT2D eigenvalue weighted by atomic mass is 10.1. The van der Waals surface area contributed by atoms with Gasteiger partial charge in [0.15, 0.2) is 0 Å². The van der Waals surface area contributed by atoms with Crippen LogP contribution in [-0.2, 0) is 0 Å². The van der Waals surface area contributed by atoms with E-state index in [-0.39, 0.29) is 5.91 Å². The zero-order valence-corrected chi connectivity index (χ0v) is 16.7. The van der Waals surface area contributed by atoms with Crippen molar-refractivity contribution in [1.29, 1.82) is 0 Å². The summed E-state index contributed by atoms with van der Waals surface area (Å²) in [6.45, 7) is 9.30. The van der Waals surface area contributed by atoms with Gasteiger partial charge in [-0.2, -0.15) is 5.10 Å². The molecule has 3 aromatic rings. The molecule has 0 unspecified atom stereocenters. The Bertz CT molecular complexity index is 985. The Morgan fingerprint density at radius 1 is 0.893 bits per heavy atom. The van der Waals surface area contributed by atoms with Crippen molar-refractivity contribution < 1.29 is 4.79 Å². The summed E-state index contributed by atoms with van der Waals surface area (Å²) in [6, 6.07) is 18.3. The number of nitrogens with zero attached hydrogens (tertiary/aromatic N) is 4. The van der Waals surface area contributed by atoms with Crippen LogP contribution in [0.2, 0.25) is 0 Å². The van der Waals surface area contributed by atoms with Gasteiger partial charge in [-0.05, 0) is 50.6 Å². The highest BCUT2D eigenvalue weighted by atomic mass is 16.2. The van der Waals surface area contributed by atoms with Crippen LogP contribution in [0.25, 0.3) is 5.69 Å². The number of para-hydroxylation sites is 1. The van der Waals surface area contributed by atoms with Crippen molar-refractivity contribution in [3.8, 4) is 5.69 Å². The number of benzene rings is 2. The van der Waals surface area contributed by atoms with Crippen LogP contribution in [0, 0.1) is 20.8 Å². The topological polar surface area (TPSA) is 41.4 Å².